The molecule has 0 spiro atoms. The fraction of sp³-hybridized carbons (Fsp3) is 0.167. The number of benzene rings is 1. The van der Waals surface area contributed by atoms with Crippen molar-refractivity contribution in [2.24, 2.45) is 0 Å². The van der Waals surface area contributed by atoms with Crippen LogP contribution in [0.5, 0.6) is 0 Å². The maximum Gasteiger partial charge on any atom is 0.254 e. The third-order valence-corrected chi connectivity index (χ3v) is 3.86. The zero-order chi connectivity index (χ0) is 13.1. The summed E-state index contributed by atoms with van der Waals surface area (Å²) in [6.07, 6.45) is 0. The van der Waals surface area contributed by atoms with Crippen molar-refractivity contribution in [2.45, 2.75) is 13.5 Å². The van der Waals surface area contributed by atoms with Gasteiger partial charge in [-0.2, -0.15) is 0 Å². The first-order chi connectivity index (χ1) is 8.58. The van der Waals surface area contributed by atoms with Gasteiger partial charge < -0.3 is 5.32 Å². The van der Waals surface area contributed by atoms with E-state index in [2.05, 4.69) is 26.2 Å². The lowest BCUT2D eigenvalue weighted by Crippen LogP contribution is -2.23. The van der Waals surface area contributed by atoms with E-state index in [0.29, 0.717) is 11.0 Å². The van der Waals surface area contributed by atoms with Crippen molar-refractivity contribution in [3.63, 3.8) is 0 Å². The predicted octanol–water partition coefficient (Wildman–Crippen LogP) is 3.28. The Hall–Kier alpha value is -1.27. The van der Waals surface area contributed by atoms with Crippen LogP contribution in [0.25, 0.3) is 0 Å². The van der Waals surface area contributed by atoms with E-state index in [-0.39, 0.29) is 5.56 Å². The summed E-state index contributed by atoms with van der Waals surface area (Å²) >= 11 is 4.68. The smallest absolute Gasteiger partial charge is 0.254 e. The summed E-state index contributed by atoms with van der Waals surface area (Å²) in [5, 5.41) is 2.68. The summed E-state index contributed by atoms with van der Waals surface area (Å²) in [7, 11) is 0. The summed E-state index contributed by atoms with van der Waals surface area (Å²) in [6.45, 7) is 2.24. The number of carbonyl (C=O) groups excluding carboxylic acids is 1. The SMILES string of the molecule is Cc1ncsc1CNC(=O)c1cc(Br)ccc1F. The number of carbonyl (C=O) groups is 1. The van der Waals surface area contributed by atoms with E-state index in [9.17, 15) is 9.18 Å². The zero-order valence-corrected chi connectivity index (χ0v) is 11.9. The van der Waals surface area contributed by atoms with Crippen LogP contribution in [0.1, 0.15) is 20.9 Å². The summed E-state index contributed by atoms with van der Waals surface area (Å²) in [5.74, 6) is -0.960. The van der Waals surface area contributed by atoms with Crippen LogP contribution in [0, 0.1) is 12.7 Å². The molecule has 0 aliphatic heterocycles. The Morgan fingerprint density at radius 1 is 1.56 bits per heavy atom. The number of rotatable bonds is 3. The molecule has 2 rings (SSSR count). The molecule has 0 saturated heterocycles. The van der Waals surface area contributed by atoms with E-state index >= 15 is 0 Å². The van der Waals surface area contributed by atoms with E-state index in [1.807, 2.05) is 6.92 Å². The molecule has 94 valence electrons. The van der Waals surface area contributed by atoms with Crippen molar-refractivity contribution in [2.75, 3.05) is 0 Å². The molecule has 1 heterocycles. The fourth-order valence-electron chi connectivity index (χ4n) is 1.42. The minimum atomic E-state index is -0.531. The summed E-state index contributed by atoms with van der Waals surface area (Å²) in [4.78, 5) is 16.9. The Labute approximate surface area is 116 Å². The molecule has 3 nitrogen and oxygen atoms in total. The van der Waals surface area contributed by atoms with Crippen LogP contribution in [-0.2, 0) is 6.54 Å². The Balaban J connectivity index is 2.08. The van der Waals surface area contributed by atoms with Crippen molar-refractivity contribution in [3.05, 3.63) is 50.1 Å². The number of hydrogen-bond acceptors (Lipinski definition) is 3. The molecule has 1 N–H and O–H groups in total. The van der Waals surface area contributed by atoms with Crippen LogP contribution in [-0.4, -0.2) is 10.9 Å². The van der Waals surface area contributed by atoms with Gasteiger partial charge in [0.05, 0.1) is 23.3 Å². The zero-order valence-electron chi connectivity index (χ0n) is 9.54. The van der Waals surface area contributed by atoms with Crippen LogP contribution in [0.2, 0.25) is 0 Å². The van der Waals surface area contributed by atoms with Gasteiger partial charge in [-0.05, 0) is 25.1 Å². The maximum atomic E-state index is 13.5. The molecule has 0 fully saturated rings. The molecule has 0 unspecified atom stereocenters. The Morgan fingerprint density at radius 2 is 2.33 bits per heavy atom. The van der Waals surface area contributed by atoms with Gasteiger partial charge in [-0.1, -0.05) is 15.9 Å². The lowest BCUT2D eigenvalue weighted by atomic mass is 10.2. The second-order valence-electron chi connectivity index (χ2n) is 3.67. The van der Waals surface area contributed by atoms with Gasteiger partial charge in [0, 0.05) is 9.35 Å². The van der Waals surface area contributed by atoms with Gasteiger partial charge in [-0.15, -0.1) is 11.3 Å². The number of nitrogens with zero attached hydrogens (tertiary/aromatic N) is 1. The number of halogens is 2. The molecule has 2 aromatic rings. The molecule has 6 heteroatoms. The molecule has 0 aliphatic carbocycles. The standard InChI is InChI=1S/C12H10BrFN2OS/c1-7-11(18-6-16-7)5-15-12(17)9-4-8(13)2-3-10(9)14/h2-4,6H,5H2,1H3,(H,15,17). The van der Waals surface area contributed by atoms with Gasteiger partial charge >= 0.3 is 0 Å². The average Bonchev–Trinajstić information content (AvgIpc) is 2.75. The predicted molar refractivity (Wildman–Crippen MR) is 72.1 cm³/mol. The van der Waals surface area contributed by atoms with Crippen molar-refractivity contribution in [3.8, 4) is 0 Å². The topological polar surface area (TPSA) is 42.0 Å². The molecular formula is C12H10BrFN2OS. The highest BCUT2D eigenvalue weighted by Gasteiger charge is 2.12. The monoisotopic (exact) mass is 328 g/mol. The molecule has 1 amide bonds. The first-order valence-corrected chi connectivity index (χ1v) is 6.87. The van der Waals surface area contributed by atoms with Gasteiger partial charge in [-0.25, -0.2) is 9.37 Å². The largest absolute Gasteiger partial charge is 0.347 e. The second kappa shape index (κ2) is 5.58. The Bertz CT molecular complexity index is 585. The van der Waals surface area contributed by atoms with Crippen molar-refractivity contribution in [1.29, 1.82) is 0 Å². The average molecular weight is 329 g/mol. The highest BCUT2D eigenvalue weighted by molar-refractivity contribution is 9.10. The first kappa shape index (κ1) is 13.2. The molecule has 0 radical (unpaired) electrons. The van der Waals surface area contributed by atoms with E-state index in [1.165, 1.54) is 23.5 Å². The third kappa shape index (κ3) is 2.94. The number of hydrogen-bond donors (Lipinski definition) is 1. The van der Waals surface area contributed by atoms with Gasteiger partial charge in [-0.3, -0.25) is 4.79 Å². The highest BCUT2D eigenvalue weighted by Crippen LogP contribution is 2.16. The molecule has 1 aromatic heterocycles. The quantitative estimate of drug-likeness (QED) is 0.939. The van der Waals surface area contributed by atoms with Crippen LogP contribution >= 0.6 is 27.3 Å². The minimum Gasteiger partial charge on any atom is -0.347 e. The fourth-order valence-corrected chi connectivity index (χ4v) is 2.50. The molecule has 0 atom stereocenters. The van der Waals surface area contributed by atoms with Crippen LogP contribution < -0.4 is 5.32 Å². The van der Waals surface area contributed by atoms with Crippen LogP contribution in [0.15, 0.2) is 28.2 Å². The number of aromatic nitrogens is 1. The maximum absolute atomic E-state index is 13.5. The molecule has 0 saturated carbocycles. The third-order valence-electron chi connectivity index (χ3n) is 2.43. The number of aryl methyl sites for hydroxylation is 1. The van der Waals surface area contributed by atoms with Gasteiger partial charge in [0.25, 0.3) is 5.91 Å². The molecule has 18 heavy (non-hydrogen) atoms. The lowest BCUT2D eigenvalue weighted by Gasteiger charge is -2.05. The van der Waals surface area contributed by atoms with Gasteiger partial charge in [0.2, 0.25) is 0 Å². The lowest BCUT2D eigenvalue weighted by molar-refractivity contribution is 0.0947. The summed E-state index contributed by atoms with van der Waals surface area (Å²) in [6, 6.07) is 4.28. The van der Waals surface area contributed by atoms with Gasteiger partial charge in [0.1, 0.15) is 5.82 Å². The molecule has 0 aliphatic rings. The first-order valence-electron chi connectivity index (χ1n) is 5.20. The van der Waals surface area contributed by atoms with Crippen LogP contribution in [0.3, 0.4) is 0 Å². The molecule has 1 aromatic carbocycles. The van der Waals surface area contributed by atoms with E-state index in [0.717, 1.165) is 10.6 Å². The van der Waals surface area contributed by atoms with E-state index in [1.54, 1.807) is 11.6 Å². The Morgan fingerprint density at radius 3 is 3.00 bits per heavy atom. The van der Waals surface area contributed by atoms with E-state index < -0.39 is 11.7 Å². The number of thiazole rings is 1. The minimum absolute atomic E-state index is 0.0338. The van der Waals surface area contributed by atoms with Crippen molar-refractivity contribution >= 4 is 33.2 Å². The highest BCUT2D eigenvalue weighted by atomic mass is 79.9. The molecular weight excluding hydrogens is 319 g/mol. The summed E-state index contributed by atoms with van der Waals surface area (Å²) in [5.41, 5.74) is 2.64. The Kier molecular flexibility index (Phi) is 4.08. The normalized spacial score (nSPS) is 10.4. The van der Waals surface area contributed by atoms with Gasteiger partial charge in [0.15, 0.2) is 0 Å². The second-order valence-corrected chi connectivity index (χ2v) is 5.52. The van der Waals surface area contributed by atoms with Crippen molar-refractivity contribution < 1.29 is 9.18 Å². The van der Waals surface area contributed by atoms with E-state index in [4.69, 9.17) is 0 Å². The molecule has 0 bridgehead atoms. The number of nitrogens with one attached hydrogen (secondary N) is 1. The number of amides is 1. The summed E-state index contributed by atoms with van der Waals surface area (Å²) < 4.78 is 14.1. The van der Waals surface area contributed by atoms with Crippen molar-refractivity contribution in [1.82, 2.24) is 10.3 Å². The van der Waals surface area contributed by atoms with Crippen LogP contribution in [0.4, 0.5) is 4.39 Å².